The van der Waals surface area contributed by atoms with Crippen molar-refractivity contribution in [2.45, 2.75) is 251 Å². The molecule has 0 radical (unpaired) electrons. The van der Waals surface area contributed by atoms with Crippen LogP contribution in [0, 0.1) is 0 Å². The maximum absolute atomic E-state index is 12.6. The molecule has 0 saturated carbocycles. The van der Waals surface area contributed by atoms with Gasteiger partial charge in [-0.05, 0) is 83.5 Å². The van der Waals surface area contributed by atoms with E-state index in [-0.39, 0.29) is 30.3 Å². The second kappa shape index (κ2) is 38.6. The summed E-state index contributed by atoms with van der Waals surface area (Å²) in [5.74, 6) is -0.0487. The lowest BCUT2D eigenvalue weighted by molar-refractivity contribution is -0.150. The number of esters is 2. The molecule has 0 aliphatic heterocycles. The van der Waals surface area contributed by atoms with E-state index in [1.54, 1.807) is 0 Å². The molecule has 0 aromatic carbocycles. The van der Waals surface area contributed by atoms with Gasteiger partial charge in [0.15, 0.2) is 0 Å². The monoisotopic (exact) mass is 705 g/mol. The highest BCUT2D eigenvalue weighted by Gasteiger charge is 2.14. The van der Waals surface area contributed by atoms with E-state index in [0.717, 1.165) is 116 Å². The molecule has 1 N–H and O–H groups in total. The maximum atomic E-state index is 12.6. The summed E-state index contributed by atoms with van der Waals surface area (Å²) < 4.78 is 11.7. The molecule has 294 valence electrons. The van der Waals surface area contributed by atoms with E-state index in [0.29, 0.717) is 12.8 Å². The van der Waals surface area contributed by atoms with E-state index >= 15 is 0 Å². The zero-order chi connectivity index (χ0) is 36.8. The van der Waals surface area contributed by atoms with Gasteiger partial charge in [0.25, 0.3) is 0 Å². The van der Waals surface area contributed by atoms with Crippen molar-refractivity contribution in [1.82, 2.24) is 0 Å². The number of carbonyl (C=O) groups excluding carboxylic acids is 2. The molecule has 3 atom stereocenters. The highest BCUT2D eigenvalue weighted by atomic mass is 16.5. The number of aliphatic hydroxyl groups is 1. The largest absolute Gasteiger partial charge is 0.462 e. The predicted molar refractivity (Wildman–Crippen MR) is 214 cm³/mol. The lowest BCUT2D eigenvalue weighted by atomic mass is 10.1. The molecule has 0 heterocycles. The quantitative estimate of drug-likeness (QED) is 0.0393. The summed E-state index contributed by atoms with van der Waals surface area (Å²) >= 11 is 0. The first kappa shape index (κ1) is 48.4. The summed E-state index contributed by atoms with van der Waals surface area (Å²) in [6.07, 6.45) is 43.0. The van der Waals surface area contributed by atoms with Gasteiger partial charge in [-0.3, -0.25) is 9.59 Å². The van der Waals surface area contributed by atoms with Crippen LogP contribution in [0.25, 0.3) is 0 Å². The van der Waals surface area contributed by atoms with Gasteiger partial charge in [-0.15, -0.1) is 0 Å². The van der Waals surface area contributed by atoms with Crippen molar-refractivity contribution in [2.75, 3.05) is 0 Å². The second-order valence-corrected chi connectivity index (χ2v) is 14.9. The zero-order valence-electron chi connectivity index (χ0n) is 33.7. The van der Waals surface area contributed by atoms with Gasteiger partial charge >= 0.3 is 11.9 Å². The fraction of sp³-hybridized carbons (Fsp3) is 0.867. The van der Waals surface area contributed by atoms with Crippen LogP contribution in [0.2, 0.25) is 0 Å². The van der Waals surface area contributed by atoms with Gasteiger partial charge in [-0.1, -0.05) is 155 Å². The molecule has 0 spiro atoms. The average molecular weight is 705 g/mol. The van der Waals surface area contributed by atoms with Crippen molar-refractivity contribution >= 4 is 11.9 Å². The summed E-state index contributed by atoms with van der Waals surface area (Å²) in [5.41, 5.74) is 0. The molecular weight excluding hydrogens is 620 g/mol. The fourth-order valence-corrected chi connectivity index (χ4v) is 6.44. The number of unbranched alkanes of at least 4 members (excludes halogenated alkanes) is 19. The molecule has 0 bridgehead atoms. The number of hydrogen-bond acceptors (Lipinski definition) is 5. The third kappa shape index (κ3) is 34.8. The number of carbonyl (C=O) groups is 2. The standard InChI is InChI=1S/C45H84O5/c1-5-9-12-27-34-41(46)35-28-23-19-15-17-21-26-33-40-45(48)50-43(37-30-14-11-7-3)38-31-24-20-16-18-22-25-32-39-44(47)49-42(8-4)36-29-13-10-6-2/h23-24,28,31,41-43,46H,5-22,25-27,29-30,32-40H2,1-4H3/b28-23-,31-24-. The number of hydrogen-bond donors (Lipinski definition) is 1. The van der Waals surface area contributed by atoms with Crippen LogP contribution in [0.4, 0.5) is 0 Å². The fourth-order valence-electron chi connectivity index (χ4n) is 6.44. The minimum Gasteiger partial charge on any atom is -0.462 e. The molecule has 0 rings (SSSR count). The Balaban J connectivity index is 4.04. The van der Waals surface area contributed by atoms with Crippen LogP contribution in [0.15, 0.2) is 24.3 Å². The van der Waals surface area contributed by atoms with Gasteiger partial charge in [0.2, 0.25) is 0 Å². The third-order valence-corrected chi connectivity index (χ3v) is 9.85. The molecule has 0 aromatic heterocycles. The Hall–Kier alpha value is -1.62. The van der Waals surface area contributed by atoms with Crippen LogP contribution in [-0.2, 0) is 19.1 Å². The minimum atomic E-state index is -0.185. The van der Waals surface area contributed by atoms with E-state index in [4.69, 9.17) is 9.47 Å². The molecule has 50 heavy (non-hydrogen) atoms. The number of aliphatic hydroxyl groups excluding tert-OH is 1. The van der Waals surface area contributed by atoms with E-state index in [2.05, 4.69) is 52.0 Å². The highest BCUT2D eigenvalue weighted by Crippen LogP contribution is 2.17. The number of ether oxygens (including phenoxy) is 2. The topological polar surface area (TPSA) is 72.8 Å². The Morgan fingerprint density at radius 3 is 1.36 bits per heavy atom. The van der Waals surface area contributed by atoms with Crippen LogP contribution in [0.3, 0.4) is 0 Å². The Bertz CT molecular complexity index is 790. The Morgan fingerprint density at radius 2 is 0.860 bits per heavy atom. The molecule has 0 fully saturated rings. The Labute approximate surface area is 311 Å². The van der Waals surface area contributed by atoms with Crippen molar-refractivity contribution in [3.63, 3.8) is 0 Å². The van der Waals surface area contributed by atoms with E-state index in [9.17, 15) is 14.7 Å². The summed E-state index contributed by atoms with van der Waals surface area (Å²) in [5, 5.41) is 10.1. The molecule has 0 amide bonds. The predicted octanol–water partition coefficient (Wildman–Crippen LogP) is 13.8. The van der Waals surface area contributed by atoms with Crippen molar-refractivity contribution in [3.8, 4) is 0 Å². The van der Waals surface area contributed by atoms with Crippen LogP contribution >= 0.6 is 0 Å². The van der Waals surface area contributed by atoms with Crippen molar-refractivity contribution in [3.05, 3.63) is 24.3 Å². The first-order valence-corrected chi connectivity index (χ1v) is 21.8. The van der Waals surface area contributed by atoms with Crippen LogP contribution in [-0.4, -0.2) is 35.4 Å². The number of rotatable bonds is 38. The SMILES string of the molecule is CCCCCCC(O)C/C=C\CCCCCCCC(=O)OC(C/C=C\CCCCCCCC(=O)OC(CC)CCCCCC)CCCCCC. The summed E-state index contributed by atoms with van der Waals surface area (Å²) in [6, 6.07) is 0. The van der Waals surface area contributed by atoms with E-state index in [1.165, 1.54) is 77.0 Å². The van der Waals surface area contributed by atoms with Crippen LogP contribution in [0.5, 0.6) is 0 Å². The lowest BCUT2D eigenvalue weighted by Gasteiger charge is -2.16. The van der Waals surface area contributed by atoms with E-state index in [1.807, 2.05) is 0 Å². The third-order valence-electron chi connectivity index (χ3n) is 9.85. The molecule has 0 aliphatic rings. The number of allylic oxidation sites excluding steroid dienone is 2. The van der Waals surface area contributed by atoms with Crippen LogP contribution < -0.4 is 0 Å². The van der Waals surface area contributed by atoms with Crippen LogP contribution in [0.1, 0.15) is 233 Å². The molecular formula is C45H84O5. The molecule has 0 aromatic rings. The first-order chi connectivity index (χ1) is 24.5. The smallest absolute Gasteiger partial charge is 0.306 e. The molecule has 0 aliphatic carbocycles. The first-order valence-electron chi connectivity index (χ1n) is 21.8. The summed E-state index contributed by atoms with van der Waals surface area (Å²) in [7, 11) is 0. The highest BCUT2D eigenvalue weighted by molar-refractivity contribution is 5.69. The van der Waals surface area contributed by atoms with Gasteiger partial charge in [0.05, 0.1) is 6.10 Å². The average Bonchev–Trinajstić information content (AvgIpc) is 3.11. The van der Waals surface area contributed by atoms with Crippen molar-refractivity contribution < 1.29 is 24.2 Å². The van der Waals surface area contributed by atoms with Gasteiger partial charge in [-0.2, -0.15) is 0 Å². The van der Waals surface area contributed by atoms with Crippen molar-refractivity contribution in [2.24, 2.45) is 0 Å². The van der Waals surface area contributed by atoms with Crippen molar-refractivity contribution in [1.29, 1.82) is 0 Å². The normalized spacial score (nSPS) is 13.6. The molecule has 0 saturated heterocycles. The Kier molecular flexibility index (Phi) is 37.4. The second-order valence-electron chi connectivity index (χ2n) is 14.9. The molecule has 5 heteroatoms. The minimum absolute atomic E-state index is 0.000606. The van der Waals surface area contributed by atoms with Gasteiger partial charge in [-0.25, -0.2) is 0 Å². The summed E-state index contributed by atoms with van der Waals surface area (Å²) in [6.45, 7) is 8.78. The maximum Gasteiger partial charge on any atom is 0.306 e. The van der Waals surface area contributed by atoms with Gasteiger partial charge < -0.3 is 14.6 Å². The molecule has 3 unspecified atom stereocenters. The van der Waals surface area contributed by atoms with Gasteiger partial charge in [0.1, 0.15) is 12.2 Å². The Morgan fingerprint density at radius 1 is 0.460 bits per heavy atom. The summed E-state index contributed by atoms with van der Waals surface area (Å²) in [4.78, 5) is 24.9. The lowest BCUT2D eigenvalue weighted by Crippen LogP contribution is -2.17. The van der Waals surface area contributed by atoms with E-state index < -0.39 is 0 Å². The molecule has 5 nitrogen and oxygen atoms in total. The van der Waals surface area contributed by atoms with Gasteiger partial charge in [0, 0.05) is 19.3 Å². The zero-order valence-corrected chi connectivity index (χ0v) is 33.7.